The number of hydrogen-bond acceptors (Lipinski definition) is 2. The van der Waals surface area contributed by atoms with Gasteiger partial charge in [-0.2, -0.15) is 0 Å². The van der Waals surface area contributed by atoms with Gasteiger partial charge in [0.25, 0.3) is 0 Å². The number of hydrogen-bond donors (Lipinski definition) is 1. The number of nitrogens with zero attached hydrogens (tertiary/aromatic N) is 1. The molecule has 0 aromatic rings. The van der Waals surface area contributed by atoms with Crippen LogP contribution in [0.5, 0.6) is 0 Å². The summed E-state index contributed by atoms with van der Waals surface area (Å²) < 4.78 is 0. The van der Waals surface area contributed by atoms with E-state index in [4.69, 9.17) is 5.73 Å². The molecule has 0 radical (unpaired) electrons. The van der Waals surface area contributed by atoms with E-state index in [0.717, 1.165) is 6.42 Å². The van der Waals surface area contributed by atoms with Crippen molar-refractivity contribution >= 4 is 0 Å². The van der Waals surface area contributed by atoms with Gasteiger partial charge in [0.2, 0.25) is 0 Å². The third kappa shape index (κ3) is 5.61. The Morgan fingerprint density at radius 1 is 1.07 bits per heavy atom. The monoisotopic (exact) mass is 198 g/mol. The van der Waals surface area contributed by atoms with Gasteiger partial charge in [-0.1, -0.05) is 12.8 Å². The summed E-state index contributed by atoms with van der Waals surface area (Å²) in [6.45, 7) is 8.11. The Labute approximate surface area is 88.8 Å². The lowest BCUT2D eigenvalue weighted by atomic mass is 10.00. The van der Waals surface area contributed by atoms with Crippen LogP contribution in [0.3, 0.4) is 0 Å². The van der Waals surface area contributed by atoms with Gasteiger partial charge in [0, 0.05) is 5.54 Å². The lowest BCUT2D eigenvalue weighted by Crippen LogP contribution is -2.34. The summed E-state index contributed by atoms with van der Waals surface area (Å²) in [6, 6.07) is 0. The average molecular weight is 198 g/mol. The molecule has 1 heterocycles. The van der Waals surface area contributed by atoms with Crippen LogP contribution in [-0.2, 0) is 0 Å². The maximum atomic E-state index is 5.96. The van der Waals surface area contributed by atoms with Crippen LogP contribution in [0, 0.1) is 0 Å². The van der Waals surface area contributed by atoms with Crippen molar-refractivity contribution in [3.63, 3.8) is 0 Å². The largest absolute Gasteiger partial charge is 0.326 e. The van der Waals surface area contributed by atoms with Crippen LogP contribution in [0.4, 0.5) is 0 Å². The Morgan fingerprint density at radius 3 is 2.14 bits per heavy atom. The summed E-state index contributed by atoms with van der Waals surface area (Å²) in [7, 11) is 0. The van der Waals surface area contributed by atoms with Crippen molar-refractivity contribution in [2.75, 3.05) is 19.6 Å². The Kier molecular flexibility index (Phi) is 4.90. The summed E-state index contributed by atoms with van der Waals surface area (Å²) in [5.41, 5.74) is 5.98. The molecule has 1 saturated heterocycles. The minimum absolute atomic E-state index is 0.0197. The Bertz CT molecular complexity index is 141. The fourth-order valence-electron chi connectivity index (χ4n) is 2.12. The van der Waals surface area contributed by atoms with Gasteiger partial charge in [-0.25, -0.2) is 0 Å². The van der Waals surface area contributed by atoms with Crippen molar-refractivity contribution in [1.29, 1.82) is 0 Å². The van der Waals surface area contributed by atoms with Crippen LogP contribution in [0.25, 0.3) is 0 Å². The Hall–Kier alpha value is -0.0800. The number of likely N-dealkylation sites (tertiary alicyclic amines) is 1. The Morgan fingerprint density at radius 2 is 1.64 bits per heavy atom. The molecule has 0 atom stereocenters. The van der Waals surface area contributed by atoms with Crippen LogP contribution in [0.15, 0.2) is 0 Å². The number of nitrogens with two attached hydrogens (primary N) is 1. The first kappa shape index (κ1) is 12.0. The van der Waals surface area contributed by atoms with Gasteiger partial charge < -0.3 is 10.6 Å². The maximum absolute atomic E-state index is 5.96. The Balaban J connectivity index is 2.10. The minimum Gasteiger partial charge on any atom is -0.326 e. The van der Waals surface area contributed by atoms with E-state index in [-0.39, 0.29) is 5.54 Å². The quantitative estimate of drug-likeness (QED) is 0.751. The first-order valence-corrected chi connectivity index (χ1v) is 6.09. The molecular formula is C12H26N2. The van der Waals surface area contributed by atoms with E-state index in [1.807, 2.05) is 0 Å². The molecule has 0 aromatic carbocycles. The average Bonchev–Trinajstić information content (AvgIpc) is 2.30. The van der Waals surface area contributed by atoms with Crippen LogP contribution in [0.2, 0.25) is 0 Å². The van der Waals surface area contributed by atoms with Gasteiger partial charge in [0.15, 0.2) is 0 Å². The molecule has 1 aliphatic heterocycles. The normalized spacial score (nSPS) is 20.8. The summed E-state index contributed by atoms with van der Waals surface area (Å²) in [4.78, 5) is 2.61. The van der Waals surface area contributed by atoms with Crippen LogP contribution in [-0.4, -0.2) is 30.1 Å². The summed E-state index contributed by atoms with van der Waals surface area (Å²) in [6.07, 6.45) is 8.04. The molecule has 1 aliphatic rings. The zero-order valence-electron chi connectivity index (χ0n) is 9.89. The molecule has 1 rings (SSSR count). The molecule has 14 heavy (non-hydrogen) atoms. The third-order valence-corrected chi connectivity index (χ3v) is 2.99. The van der Waals surface area contributed by atoms with Crippen molar-refractivity contribution in [2.45, 2.75) is 57.9 Å². The van der Waals surface area contributed by atoms with E-state index in [1.165, 1.54) is 51.7 Å². The van der Waals surface area contributed by atoms with Crippen molar-refractivity contribution < 1.29 is 0 Å². The highest BCUT2D eigenvalue weighted by molar-refractivity contribution is 4.72. The van der Waals surface area contributed by atoms with Crippen LogP contribution < -0.4 is 5.73 Å². The van der Waals surface area contributed by atoms with E-state index in [9.17, 15) is 0 Å². The highest BCUT2D eigenvalue weighted by Crippen LogP contribution is 2.12. The molecule has 84 valence electrons. The van der Waals surface area contributed by atoms with Gasteiger partial charge in [-0.3, -0.25) is 0 Å². The summed E-state index contributed by atoms with van der Waals surface area (Å²) in [5, 5.41) is 0. The van der Waals surface area contributed by atoms with E-state index in [2.05, 4.69) is 18.7 Å². The molecule has 2 heteroatoms. The maximum Gasteiger partial charge on any atom is 0.00975 e. The molecule has 0 unspecified atom stereocenters. The lowest BCUT2D eigenvalue weighted by Gasteiger charge is -2.23. The molecule has 0 aromatic heterocycles. The molecule has 0 aliphatic carbocycles. The zero-order chi connectivity index (χ0) is 10.4. The second kappa shape index (κ2) is 5.72. The zero-order valence-corrected chi connectivity index (χ0v) is 9.89. The lowest BCUT2D eigenvalue weighted by molar-refractivity contribution is 0.268. The molecule has 0 saturated carbocycles. The molecule has 0 spiro atoms. The topological polar surface area (TPSA) is 29.3 Å². The van der Waals surface area contributed by atoms with E-state index >= 15 is 0 Å². The van der Waals surface area contributed by atoms with Crippen molar-refractivity contribution in [1.82, 2.24) is 4.90 Å². The van der Waals surface area contributed by atoms with Gasteiger partial charge in [0.1, 0.15) is 0 Å². The molecule has 1 fully saturated rings. The molecule has 2 N–H and O–H groups in total. The third-order valence-electron chi connectivity index (χ3n) is 2.99. The standard InChI is InChI=1S/C12H26N2/c1-12(2,13)8-7-11-14-9-5-3-4-6-10-14/h3-11,13H2,1-2H3. The molecule has 0 bridgehead atoms. The summed E-state index contributed by atoms with van der Waals surface area (Å²) >= 11 is 0. The fourth-order valence-corrected chi connectivity index (χ4v) is 2.12. The minimum atomic E-state index is 0.0197. The van der Waals surface area contributed by atoms with Crippen LogP contribution >= 0.6 is 0 Å². The highest BCUT2D eigenvalue weighted by Gasteiger charge is 2.12. The first-order chi connectivity index (χ1) is 6.58. The van der Waals surface area contributed by atoms with E-state index in [0.29, 0.717) is 0 Å². The highest BCUT2D eigenvalue weighted by atomic mass is 15.1. The SMILES string of the molecule is CC(C)(N)CCCN1CCCCCC1. The van der Waals surface area contributed by atoms with Gasteiger partial charge in [-0.05, 0) is 59.2 Å². The van der Waals surface area contributed by atoms with Crippen molar-refractivity contribution in [3.05, 3.63) is 0 Å². The van der Waals surface area contributed by atoms with E-state index in [1.54, 1.807) is 0 Å². The summed E-state index contributed by atoms with van der Waals surface area (Å²) in [5.74, 6) is 0. The van der Waals surface area contributed by atoms with Gasteiger partial charge >= 0.3 is 0 Å². The van der Waals surface area contributed by atoms with Crippen molar-refractivity contribution in [3.8, 4) is 0 Å². The predicted octanol–water partition coefficient (Wildman–Crippen LogP) is 2.38. The molecule has 0 amide bonds. The van der Waals surface area contributed by atoms with Gasteiger partial charge in [0.05, 0.1) is 0 Å². The second-order valence-electron chi connectivity index (χ2n) is 5.35. The molecule has 2 nitrogen and oxygen atoms in total. The number of rotatable bonds is 4. The first-order valence-electron chi connectivity index (χ1n) is 6.09. The van der Waals surface area contributed by atoms with Crippen molar-refractivity contribution in [2.24, 2.45) is 5.73 Å². The second-order valence-corrected chi connectivity index (χ2v) is 5.35. The van der Waals surface area contributed by atoms with Gasteiger partial charge in [-0.15, -0.1) is 0 Å². The fraction of sp³-hybridized carbons (Fsp3) is 1.00. The molecular weight excluding hydrogens is 172 g/mol. The predicted molar refractivity (Wildman–Crippen MR) is 62.4 cm³/mol. The smallest absolute Gasteiger partial charge is 0.00975 e. The van der Waals surface area contributed by atoms with Crippen LogP contribution in [0.1, 0.15) is 52.4 Å². The van der Waals surface area contributed by atoms with E-state index < -0.39 is 0 Å².